The zero-order valence-electron chi connectivity index (χ0n) is 10.5. The second kappa shape index (κ2) is 7.16. The molecule has 0 aliphatic rings. The fraction of sp³-hybridized carbons (Fsp3) is 0.143. The van der Waals surface area contributed by atoms with Crippen LogP contribution in [0.4, 0.5) is 5.69 Å². The molecule has 0 amide bonds. The Morgan fingerprint density at radius 3 is 2.25 bits per heavy atom. The molecule has 0 atom stereocenters. The van der Waals surface area contributed by atoms with Gasteiger partial charge < -0.3 is 10.1 Å². The van der Waals surface area contributed by atoms with Crippen molar-refractivity contribution in [3.05, 3.63) is 54.3 Å². The Morgan fingerprint density at radius 1 is 1.05 bits per heavy atom. The predicted molar refractivity (Wildman–Crippen MR) is 94.9 cm³/mol. The van der Waals surface area contributed by atoms with E-state index in [1.165, 1.54) is 0 Å². The number of halogens is 4. The van der Waals surface area contributed by atoms with E-state index in [4.69, 9.17) is 16.3 Å². The molecule has 0 aliphatic heterocycles. The Labute approximate surface area is 148 Å². The number of nitrogens with one attached hydrogen (secondary N) is 1. The standard InChI is InChI=1S/C14H11Br3ClNO/c1-20-14-11(16)4-8(5-12(14)17)7-19-9-2-3-10(15)13(18)6-9/h2-6,19H,7H2,1H3. The van der Waals surface area contributed by atoms with E-state index in [1.807, 2.05) is 30.3 Å². The van der Waals surface area contributed by atoms with Crippen LogP contribution in [0.1, 0.15) is 5.56 Å². The highest BCUT2D eigenvalue weighted by atomic mass is 79.9. The molecule has 6 heteroatoms. The number of methoxy groups -OCH3 is 1. The van der Waals surface area contributed by atoms with E-state index in [1.54, 1.807) is 7.11 Å². The number of ether oxygens (including phenoxy) is 1. The van der Waals surface area contributed by atoms with E-state index in [0.29, 0.717) is 11.6 Å². The smallest absolute Gasteiger partial charge is 0.147 e. The van der Waals surface area contributed by atoms with Crippen LogP contribution in [0.25, 0.3) is 0 Å². The molecule has 0 aliphatic carbocycles. The van der Waals surface area contributed by atoms with Gasteiger partial charge in [-0.3, -0.25) is 0 Å². The van der Waals surface area contributed by atoms with Crippen molar-refractivity contribution in [2.75, 3.05) is 12.4 Å². The monoisotopic (exact) mass is 481 g/mol. The van der Waals surface area contributed by atoms with Crippen molar-refractivity contribution in [1.29, 1.82) is 0 Å². The van der Waals surface area contributed by atoms with Gasteiger partial charge in [0.25, 0.3) is 0 Å². The first kappa shape index (κ1) is 16.1. The largest absolute Gasteiger partial charge is 0.494 e. The Hall–Kier alpha value is -0.230. The summed E-state index contributed by atoms with van der Waals surface area (Å²) in [7, 11) is 1.65. The van der Waals surface area contributed by atoms with Crippen molar-refractivity contribution in [3.8, 4) is 5.75 Å². The van der Waals surface area contributed by atoms with Gasteiger partial charge in [-0.2, -0.15) is 0 Å². The van der Waals surface area contributed by atoms with Crippen molar-refractivity contribution >= 4 is 65.1 Å². The zero-order chi connectivity index (χ0) is 14.7. The molecular formula is C14H11Br3ClNO. The summed E-state index contributed by atoms with van der Waals surface area (Å²) in [5, 5.41) is 4.02. The summed E-state index contributed by atoms with van der Waals surface area (Å²) in [6, 6.07) is 9.83. The maximum absolute atomic E-state index is 6.07. The number of anilines is 1. The van der Waals surface area contributed by atoms with Crippen molar-refractivity contribution in [1.82, 2.24) is 0 Å². The third-order valence-corrected chi connectivity index (χ3v) is 5.09. The molecular weight excluding hydrogens is 473 g/mol. The van der Waals surface area contributed by atoms with E-state index < -0.39 is 0 Å². The Morgan fingerprint density at radius 2 is 1.70 bits per heavy atom. The average Bonchev–Trinajstić information content (AvgIpc) is 2.40. The molecule has 0 saturated heterocycles. The van der Waals surface area contributed by atoms with Crippen molar-refractivity contribution in [2.24, 2.45) is 0 Å². The zero-order valence-corrected chi connectivity index (χ0v) is 16.0. The van der Waals surface area contributed by atoms with Crippen LogP contribution in [0.2, 0.25) is 5.02 Å². The van der Waals surface area contributed by atoms with Crippen molar-refractivity contribution in [2.45, 2.75) is 6.54 Å². The van der Waals surface area contributed by atoms with Gasteiger partial charge in [-0.25, -0.2) is 0 Å². The van der Waals surface area contributed by atoms with Gasteiger partial charge in [0.15, 0.2) is 0 Å². The summed E-state index contributed by atoms with van der Waals surface area (Å²) in [4.78, 5) is 0. The lowest BCUT2D eigenvalue weighted by Crippen LogP contribution is -2.00. The maximum atomic E-state index is 6.07. The van der Waals surface area contributed by atoms with Gasteiger partial charge in [0.2, 0.25) is 0 Å². The highest BCUT2D eigenvalue weighted by molar-refractivity contribution is 9.11. The average molecular weight is 484 g/mol. The van der Waals surface area contributed by atoms with Gasteiger partial charge in [-0.05, 0) is 83.7 Å². The molecule has 0 spiro atoms. The van der Waals surface area contributed by atoms with Crippen LogP contribution in [-0.4, -0.2) is 7.11 Å². The minimum Gasteiger partial charge on any atom is -0.494 e. The summed E-state index contributed by atoms with van der Waals surface area (Å²) in [6.07, 6.45) is 0. The number of rotatable bonds is 4. The van der Waals surface area contributed by atoms with Crippen molar-refractivity contribution < 1.29 is 4.74 Å². The predicted octanol–water partition coefficient (Wildman–Crippen LogP) is 6.25. The molecule has 0 saturated carbocycles. The van der Waals surface area contributed by atoms with E-state index in [0.717, 1.165) is 30.4 Å². The molecule has 106 valence electrons. The lowest BCUT2D eigenvalue weighted by Gasteiger charge is -2.11. The third kappa shape index (κ3) is 3.91. The molecule has 1 N–H and O–H groups in total. The first-order chi connectivity index (χ1) is 9.51. The van der Waals surface area contributed by atoms with Crippen LogP contribution < -0.4 is 10.1 Å². The van der Waals surface area contributed by atoms with Crippen LogP contribution in [0.5, 0.6) is 5.75 Å². The van der Waals surface area contributed by atoms with Crippen LogP contribution >= 0.6 is 59.4 Å². The van der Waals surface area contributed by atoms with Crippen molar-refractivity contribution in [3.63, 3.8) is 0 Å². The summed E-state index contributed by atoms with van der Waals surface area (Å²) in [6.45, 7) is 0.694. The van der Waals surface area contributed by atoms with Crippen LogP contribution in [0.15, 0.2) is 43.7 Å². The van der Waals surface area contributed by atoms with Gasteiger partial charge in [-0.15, -0.1) is 0 Å². The topological polar surface area (TPSA) is 21.3 Å². The molecule has 2 nitrogen and oxygen atoms in total. The molecule has 0 bridgehead atoms. The summed E-state index contributed by atoms with van der Waals surface area (Å²) >= 11 is 16.4. The molecule has 0 fully saturated rings. The summed E-state index contributed by atoms with van der Waals surface area (Å²) in [5.74, 6) is 0.792. The number of hydrogen-bond acceptors (Lipinski definition) is 2. The van der Waals surface area contributed by atoms with Gasteiger partial charge in [0.05, 0.1) is 21.1 Å². The SMILES string of the molecule is COc1c(Br)cc(CNc2ccc(Br)c(Cl)c2)cc1Br. The second-order valence-electron chi connectivity index (χ2n) is 4.08. The molecule has 2 aromatic rings. The molecule has 0 aromatic heterocycles. The minimum absolute atomic E-state index is 0.687. The lowest BCUT2D eigenvalue weighted by molar-refractivity contribution is 0.409. The van der Waals surface area contributed by atoms with Gasteiger partial charge in [0.1, 0.15) is 5.75 Å². The summed E-state index contributed by atoms with van der Waals surface area (Å²) < 4.78 is 8.01. The Kier molecular flexibility index (Phi) is 5.78. The molecule has 2 aromatic carbocycles. The van der Waals surface area contributed by atoms with E-state index >= 15 is 0 Å². The highest BCUT2D eigenvalue weighted by Gasteiger charge is 2.08. The molecule has 2 rings (SSSR count). The Bertz CT molecular complexity index is 611. The molecule has 0 radical (unpaired) electrons. The molecule has 0 heterocycles. The minimum atomic E-state index is 0.687. The fourth-order valence-corrected chi connectivity index (χ4v) is 3.75. The first-order valence-electron chi connectivity index (χ1n) is 5.72. The van der Waals surface area contributed by atoms with Crippen LogP contribution in [-0.2, 0) is 6.54 Å². The van der Waals surface area contributed by atoms with E-state index in [2.05, 4.69) is 53.1 Å². The Balaban J connectivity index is 2.13. The van der Waals surface area contributed by atoms with Gasteiger partial charge in [0, 0.05) is 16.7 Å². The maximum Gasteiger partial charge on any atom is 0.147 e. The third-order valence-electron chi connectivity index (χ3n) is 2.68. The summed E-state index contributed by atoms with van der Waals surface area (Å²) in [5.41, 5.74) is 2.10. The fourth-order valence-electron chi connectivity index (χ4n) is 1.72. The molecule has 0 unspecified atom stereocenters. The van der Waals surface area contributed by atoms with Gasteiger partial charge in [-0.1, -0.05) is 11.6 Å². The second-order valence-corrected chi connectivity index (χ2v) is 7.05. The normalized spacial score (nSPS) is 10.4. The van der Waals surface area contributed by atoms with Crippen LogP contribution in [0.3, 0.4) is 0 Å². The first-order valence-corrected chi connectivity index (χ1v) is 8.48. The molecule has 20 heavy (non-hydrogen) atoms. The lowest BCUT2D eigenvalue weighted by atomic mass is 10.2. The van der Waals surface area contributed by atoms with Gasteiger partial charge >= 0.3 is 0 Å². The highest BCUT2D eigenvalue weighted by Crippen LogP contribution is 2.34. The van der Waals surface area contributed by atoms with E-state index in [-0.39, 0.29) is 0 Å². The quantitative estimate of drug-likeness (QED) is 0.554. The van der Waals surface area contributed by atoms with E-state index in [9.17, 15) is 0 Å². The number of hydrogen-bond donors (Lipinski definition) is 1. The number of benzene rings is 2. The van der Waals surface area contributed by atoms with Crippen LogP contribution in [0, 0.1) is 0 Å².